The predicted octanol–water partition coefficient (Wildman–Crippen LogP) is 5.19. The lowest BCUT2D eigenvalue weighted by Crippen LogP contribution is -2.07. The third-order valence-corrected chi connectivity index (χ3v) is 4.21. The van der Waals surface area contributed by atoms with Gasteiger partial charge in [0.15, 0.2) is 0 Å². The van der Waals surface area contributed by atoms with Crippen LogP contribution in [0.2, 0.25) is 0 Å². The third kappa shape index (κ3) is 4.30. The van der Waals surface area contributed by atoms with Crippen molar-refractivity contribution in [2.24, 2.45) is 0 Å². The molecular formula is C19H27N3. The molecule has 2 aromatic rings. The first-order valence-electron chi connectivity index (χ1n) is 8.44. The molecule has 0 aliphatic carbocycles. The van der Waals surface area contributed by atoms with E-state index in [0.29, 0.717) is 11.9 Å². The molecule has 3 nitrogen and oxygen atoms in total. The van der Waals surface area contributed by atoms with Crippen LogP contribution < -0.4 is 5.73 Å². The summed E-state index contributed by atoms with van der Waals surface area (Å²) in [6.45, 7) is 4.48. The SMILES string of the molecule is CCCCCCC(CC)c1nc(N)ncc1-c1ccccc1. The second-order valence-electron chi connectivity index (χ2n) is 5.85. The van der Waals surface area contributed by atoms with E-state index in [1.165, 1.54) is 37.7 Å². The number of aromatic nitrogens is 2. The summed E-state index contributed by atoms with van der Waals surface area (Å²) in [5.41, 5.74) is 9.25. The number of nitrogens with zero attached hydrogens (tertiary/aromatic N) is 2. The number of unbranched alkanes of at least 4 members (excludes halogenated alkanes) is 3. The highest BCUT2D eigenvalue weighted by molar-refractivity contribution is 5.66. The quantitative estimate of drug-likeness (QED) is 0.682. The molecule has 0 radical (unpaired) electrons. The summed E-state index contributed by atoms with van der Waals surface area (Å²) in [7, 11) is 0. The van der Waals surface area contributed by atoms with Gasteiger partial charge in [-0.05, 0) is 18.4 Å². The van der Waals surface area contributed by atoms with Gasteiger partial charge in [0.05, 0.1) is 5.69 Å². The van der Waals surface area contributed by atoms with Crippen molar-refractivity contribution in [2.75, 3.05) is 5.73 Å². The Morgan fingerprint density at radius 1 is 1.05 bits per heavy atom. The van der Waals surface area contributed by atoms with Crippen LogP contribution in [0.5, 0.6) is 0 Å². The maximum atomic E-state index is 5.85. The molecule has 0 fully saturated rings. The number of rotatable bonds is 8. The molecule has 0 saturated carbocycles. The van der Waals surface area contributed by atoms with Gasteiger partial charge in [-0.15, -0.1) is 0 Å². The molecule has 0 amide bonds. The minimum atomic E-state index is 0.377. The lowest BCUT2D eigenvalue weighted by atomic mass is 9.90. The molecule has 1 unspecified atom stereocenters. The molecule has 0 bridgehead atoms. The van der Waals surface area contributed by atoms with Crippen molar-refractivity contribution in [3.05, 3.63) is 42.2 Å². The number of anilines is 1. The fraction of sp³-hybridized carbons (Fsp3) is 0.474. The smallest absolute Gasteiger partial charge is 0.220 e. The average molecular weight is 297 g/mol. The van der Waals surface area contributed by atoms with Gasteiger partial charge in [0.1, 0.15) is 0 Å². The van der Waals surface area contributed by atoms with E-state index in [4.69, 9.17) is 5.73 Å². The van der Waals surface area contributed by atoms with Crippen molar-refractivity contribution < 1.29 is 0 Å². The van der Waals surface area contributed by atoms with Crippen LogP contribution in [0.15, 0.2) is 36.5 Å². The van der Waals surface area contributed by atoms with E-state index in [0.717, 1.165) is 17.7 Å². The summed E-state index contributed by atoms with van der Waals surface area (Å²) >= 11 is 0. The van der Waals surface area contributed by atoms with Gasteiger partial charge in [-0.3, -0.25) is 0 Å². The summed E-state index contributed by atoms with van der Waals surface area (Å²) in [5.74, 6) is 0.832. The van der Waals surface area contributed by atoms with Gasteiger partial charge >= 0.3 is 0 Å². The van der Waals surface area contributed by atoms with Gasteiger partial charge in [0.25, 0.3) is 0 Å². The minimum absolute atomic E-state index is 0.377. The minimum Gasteiger partial charge on any atom is -0.368 e. The lowest BCUT2D eigenvalue weighted by molar-refractivity contribution is 0.534. The topological polar surface area (TPSA) is 51.8 Å². The van der Waals surface area contributed by atoms with Crippen LogP contribution in [-0.2, 0) is 0 Å². The molecule has 2 rings (SSSR count). The van der Waals surface area contributed by atoms with Crippen molar-refractivity contribution in [1.82, 2.24) is 9.97 Å². The van der Waals surface area contributed by atoms with E-state index in [-0.39, 0.29) is 0 Å². The van der Waals surface area contributed by atoms with Crippen LogP contribution in [0.1, 0.15) is 64.0 Å². The summed E-state index contributed by atoms with van der Waals surface area (Å²) in [4.78, 5) is 8.80. The number of hydrogen-bond acceptors (Lipinski definition) is 3. The zero-order valence-electron chi connectivity index (χ0n) is 13.8. The Bertz CT molecular complexity index is 566. The number of hydrogen-bond donors (Lipinski definition) is 1. The molecule has 1 aromatic heterocycles. The van der Waals surface area contributed by atoms with Crippen LogP contribution >= 0.6 is 0 Å². The van der Waals surface area contributed by atoms with E-state index < -0.39 is 0 Å². The van der Waals surface area contributed by atoms with E-state index in [2.05, 4.69) is 48.1 Å². The normalized spacial score (nSPS) is 12.3. The first-order chi connectivity index (χ1) is 10.8. The fourth-order valence-corrected chi connectivity index (χ4v) is 2.91. The van der Waals surface area contributed by atoms with Gasteiger partial charge in [0.2, 0.25) is 5.95 Å². The van der Waals surface area contributed by atoms with Gasteiger partial charge in [0, 0.05) is 17.7 Å². The highest BCUT2D eigenvalue weighted by atomic mass is 15.0. The van der Waals surface area contributed by atoms with Crippen molar-refractivity contribution in [3.8, 4) is 11.1 Å². The van der Waals surface area contributed by atoms with Crippen LogP contribution in [0.4, 0.5) is 5.95 Å². The molecule has 3 heteroatoms. The molecule has 1 heterocycles. The molecule has 0 saturated heterocycles. The van der Waals surface area contributed by atoms with Crippen LogP contribution in [0.3, 0.4) is 0 Å². The van der Waals surface area contributed by atoms with Crippen LogP contribution in [0.25, 0.3) is 11.1 Å². The van der Waals surface area contributed by atoms with Gasteiger partial charge in [-0.1, -0.05) is 69.9 Å². The Hall–Kier alpha value is -1.90. The summed E-state index contributed by atoms with van der Waals surface area (Å²) in [6.07, 6.45) is 9.27. The van der Waals surface area contributed by atoms with Gasteiger partial charge in [-0.25, -0.2) is 9.97 Å². The van der Waals surface area contributed by atoms with Crippen molar-refractivity contribution in [2.45, 2.75) is 58.3 Å². The zero-order chi connectivity index (χ0) is 15.8. The standard InChI is InChI=1S/C19H27N3/c1-3-5-6-8-11-15(4-2)18-17(14-21-19(20)22-18)16-12-9-7-10-13-16/h7,9-10,12-15H,3-6,8,11H2,1-2H3,(H2,20,21,22). The summed E-state index contributed by atoms with van der Waals surface area (Å²) in [5, 5.41) is 0. The lowest BCUT2D eigenvalue weighted by Gasteiger charge is -2.18. The number of nitrogens with two attached hydrogens (primary N) is 1. The largest absolute Gasteiger partial charge is 0.368 e. The average Bonchev–Trinajstić information content (AvgIpc) is 2.56. The fourth-order valence-electron chi connectivity index (χ4n) is 2.91. The van der Waals surface area contributed by atoms with E-state index >= 15 is 0 Å². The highest BCUT2D eigenvalue weighted by Crippen LogP contribution is 2.32. The van der Waals surface area contributed by atoms with Gasteiger partial charge < -0.3 is 5.73 Å². The molecule has 118 valence electrons. The van der Waals surface area contributed by atoms with Crippen molar-refractivity contribution in [1.29, 1.82) is 0 Å². The van der Waals surface area contributed by atoms with Crippen LogP contribution in [-0.4, -0.2) is 9.97 Å². The second kappa shape index (κ2) is 8.52. The number of benzene rings is 1. The van der Waals surface area contributed by atoms with Crippen molar-refractivity contribution in [3.63, 3.8) is 0 Å². The van der Waals surface area contributed by atoms with E-state index in [9.17, 15) is 0 Å². The molecule has 0 spiro atoms. The molecule has 0 aliphatic rings. The highest BCUT2D eigenvalue weighted by Gasteiger charge is 2.17. The molecule has 1 atom stereocenters. The Labute approximate surface area is 134 Å². The van der Waals surface area contributed by atoms with Crippen molar-refractivity contribution >= 4 is 5.95 Å². The summed E-state index contributed by atoms with van der Waals surface area (Å²) < 4.78 is 0. The Morgan fingerprint density at radius 3 is 2.50 bits per heavy atom. The first kappa shape index (κ1) is 16.5. The second-order valence-corrected chi connectivity index (χ2v) is 5.85. The predicted molar refractivity (Wildman–Crippen MR) is 93.7 cm³/mol. The molecule has 0 aliphatic heterocycles. The molecule has 2 N–H and O–H groups in total. The maximum Gasteiger partial charge on any atom is 0.220 e. The first-order valence-corrected chi connectivity index (χ1v) is 8.44. The van der Waals surface area contributed by atoms with Gasteiger partial charge in [-0.2, -0.15) is 0 Å². The van der Waals surface area contributed by atoms with E-state index in [1.54, 1.807) is 0 Å². The Balaban J connectivity index is 2.25. The third-order valence-electron chi connectivity index (χ3n) is 4.21. The molecular weight excluding hydrogens is 270 g/mol. The van der Waals surface area contributed by atoms with E-state index in [1.807, 2.05) is 12.3 Å². The van der Waals surface area contributed by atoms with Crippen LogP contribution in [0, 0.1) is 0 Å². The maximum absolute atomic E-state index is 5.85. The summed E-state index contributed by atoms with van der Waals surface area (Å²) in [6, 6.07) is 10.4. The number of nitrogen functional groups attached to an aromatic ring is 1. The zero-order valence-corrected chi connectivity index (χ0v) is 13.8. The Kier molecular flexibility index (Phi) is 6.38. The Morgan fingerprint density at radius 2 is 1.82 bits per heavy atom. The monoisotopic (exact) mass is 297 g/mol. The molecule has 1 aromatic carbocycles. The molecule has 22 heavy (non-hydrogen) atoms.